The second kappa shape index (κ2) is 9.38. The maximum absolute atomic E-state index is 12.9. The van der Waals surface area contributed by atoms with Crippen LogP contribution in [0.5, 0.6) is 11.5 Å². The lowest BCUT2D eigenvalue weighted by Crippen LogP contribution is -2.27. The number of ether oxygens (including phenoxy) is 2. The van der Waals surface area contributed by atoms with Gasteiger partial charge in [-0.3, -0.25) is 9.69 Å². The van der Waals surface area contributed by atoms with Crippen LogP contribution in [0.1, 0.15) is 21.5 Å². The Morgan fingerprint density at radius 3 is 2.50 bits per heavy atom. The van der Waals surface area contributed by atoms with Crippen molar-refractivity contribution in [1.82, 2.24) is 0 Å². The number of carbonyl (C=O) groups is 2. The van der Waals surface area contributed by atoms with Crippen LogP contribution in [0.2, 0.25) is 0 Å². The largest absolute Gasteiger partial charge is 0.493 e. The number of nitrogens with zero attached hydrogens (tertiary/aromatic N) is 1. The average Bonchev–Trinajstić information content (AvgIpc) is 3.07. The van der Waals surface area contributed by atoms with Gasteiger partial charge in [0.2, 0.25) is 0 Å². The van der Waals surface area contributed by atoms with E-state index in [1.807, 2.05) is 43.3 Å². The molecule has 1 fully saturated rings. The maximum Gasteiger partial charge on any atom is 0.343 e. The number of hydrogen-bond acceptors (Lipinski definition) is 6. The summed E-state index contributed by atoms with van der Waals surface area (Å²) in [6.07, 6.45) is 1.75. The molecule has 0 saturated carbocycles. The van der Waals surface area contributed by atoms with Crippen LogP contribution in [0.4, 0.5) is 5.69 Å². The van der Waals surface area contributed by atoms with Crippen molar-refractivity contribution in [1.29, 1.82) is 0 Å². The second-order valence-corrected chi connectivity index (χ2v) is 8.70. The number of para-hydroxylation sites is 1. The molecular weight excluding hydrogens is 442 g/mol. The molecule has 1 saturated heterocycles. The van der Waals surface area contributed by atoms with Crippen LogP contribution < -0.4 is 14.4 Å². The molecule has 4 rings (SSSR count). The Balaban J connectivity index is 1.56. The van der Waals surface area contributed by atoms with Gasteiger partial charge in [-0.1, -0.05) is 65.9 Å². The van der Waals surface area contributed by atoms with Gasteiger partial charge < -0.3 is 9.47 Å². The number of benzene rings is 3. The average molecular weight is 462 g/mol. The molecule has 5 nitrogen and oxygen atoms in total. The highest BCUT2D eigenvalue weighted by Gasteiger charge is 2.33. The van der Waals surface area contributed by atoms with Crippen LogP contribution in [0.25, 0.3) is 6.08 Å². The molecule has 0 spiro atoms. The van der Waals surface area contributed by atoms with E-state index in [0.29, 0.717) is 26.3 Å². The number of rotatable bonds is 5. The zero-order valence-electron chi connectivity index (χ0n) is 17.4. The molecule has 0 atom stereocenters. The van der Waals surface area contributed by atoms with Crippen molar-refractivity contribution in [2.24, 2.45) is 0 Å². The van der Waals surface area contributed by atoms with Gasteiger partial charge in [0, 0.05) is 0 Å². The zero-order valence-corrected chi connectivity index (χ0v) is 19.0. The smallest absolute Gasteiger partial charge is 0.343 e. The summed E-state index contributed by atoms with van der Waals surface area (Å²) in [6, 6.07) is 21.6. The first kappa shape index (κ1) is 21.8. The minimum absolute atomic E-state index is 0.180. The van der Waals surface area contributed by atoms with Gasteiger partial charge in [0.25, 0.3) is 5.91 Å². The molecule has 7 heteroatoms. The third kappa shape index (κ3) is 4.59. The molecule has 0 unspecified atom stereocenters. The van der Waals surface area contributed by atoms with Crippen molar-refractivity contribution in [3.8, 4) is 11.5 Å². The highest BCUT2D eigenvalue weighted by Crippen LogP contribution is 2.37. The summed E-state index contributed by atoms with van der Waals surface area (Å²) in [7, 11) is 1.50. The molecule has 3 aromatic rings. The quantitative estimate of drug-likeness (QED) is 0.212. The number of esters is 1. The molecular formula is C25H19NO4S2. The Kier molecular flexibility index (Phi) is 6.39. The lowest BCUT2D eigenvalue weighted by molar-refractivity contribution is -0.113. The first-order chi connectivity index (χ1) is 15.5. The van der Waals surface area contributed by atoms with E-state index in [1.54, 1.807) is 42.5 Å². The highest BCUT2D eigenvalue weighted by molar-refractivity contribution is 8.27. The van der Waals surface area contributed by atoms with E-state index in [4.69, 9.17) is 21.7 Å². The molecule has 0 aliphatic carbocycles. The summed E-state index contributed by atoms with van der Waals surface area (Å²) < 4.78 is 11.4. The molecule has 0 bridgehead atoms. The normalized spacial score (nSPS) is 14.7. The van der Waals surface area contributed by atoms with Crippen molar-refractivity contribution in [3.05, 3.63) is 94.4 Å². The summed E-state index contributed by atoms with van der Waals surface area (Å²) in [5.41, 5.74) is 2.88. The van der Waals surface area contributed by atoms with E-state index < -0.39 is 5.97 Å². The van der Waals surface area contributed by atoms with Gasteiger partial charge in [0.15, 0.2) is 15.8 Å². The first-order valence-electron chi connectivity index (χ1n) is 9.76. The van der Waals surface area contributed by atoms with Gasteiger partial charge >= 0.3 is 5.97 Å². The predicted octanol–water partition coefficient (Wildman–Crippen LogP) is 5.63. The molecule has 3 aromatic carbocycles. The zero-order chi connectivity index (χ0) is 22.7. The Morgan fingerprint density at radius 1 is 1.00 bits per heavy atom. The molecule has 32 heavy (non-hydrogen) atoms. The number of hydrogen-bond donors (Lipinski definition) is 0. The summed E-state index contributed by atoms with van der Waals surface area (Å²) in [6.45, 7) is 1.91. The molecule has 1 aliphatic rings. The number of thiocarbonyl (C=S) groups is 1. The third-order valence-corrected chi connectivity index (χ3v) is 6.05. The SMILES string of the molecule is COc1cc(/C=C2/SC(=S)N(c3ccccc3)C2=O)ccc1OC(=O)c1cccc(C)c1. The van der Waals surface area contributed by atoms with E-state index >= 15 is 0 Å². The fraction of sp³-hybridized carbons (Fsp3) is 0.0800. The molecule has 1 amide bonds. The summed E-state index contributed by atoms with van der Waals surface area (Å²) >= 11 is 6.65. The van der Waals surface area contributed by atoms with Crippen LogP contribution in [0.15, 0.2) is 77.7 Å². The van der Waals surface area contributed by atoms with Crippen molar-refractivity contribution in [3.63, 3.8) is 0 Å². The summed E-state index contributed by atoms with van der Waals surface area (Å²) in [5.74, 6) is 0.0369. The van der Waals surface area contributed by atoms with Crippen LogP contribution in [0.3, 0.4) is 0 Å². The van der Waals surface area contributed by atoms with Crippen LogP contribution in [-0.4, -0.2) is 23.3 Å². The molecule has 0 radical (unpaired) electrons. The Hall–Kier alpha value is -3.42. The first-order valence-corrected chi connectivity index (χ1v) is 11.0. The Labute approximate surface area is 195 Å². The molecule has 1 aliphatic heterocycles. The maximum atomic E-state index is 12.9. The monoisotopic (exact) mass is 461 g/mol. The van der Waals surface area contributed by atoms with Gasteiger partial charge in [0.05, 0.1) is 23.3 Å². The van der Waals surface area contributed by atoms with Gasteiger partial charge in [-0.25, -0.2) is 4.79 Å². The molecule has 1 heterocycles. The highest BCUT2D eigenvalue weighted by atomic mass is 32.2. The van der Waals surface area contributed by atoms with Crippen molar-refractivity contribution in [2.75, 3.05) is 12.0 Å². The van der Waals surface area contributed by atoms with Crippen molar-refractivity contribution >= 4 is 51.9 Å². The fourth-order valence-corrected chi connectivity index (χ4v) is 4.51. The summed E-state index contributed by atoms with van der Waals surface area (Å²) in [5, 5.41) is 0. The van der Waals surface area contributed by atoms with E-state index in [-0.39, 0.29) is 5.91 Å². The lowest BCUT2D eigenvalue weighted by atomic mass is 10.1. The predicted molar refractivity (Wildman–Crippen MR) is 131 cm³/mol. The van der Waals surface area contributed by atoms with Gasteiger partial charge in [-0.2, -0.15) is 0 Å². The Bertz CT molecular complexity index is 1240. The number of anilines is 1. The molecule has 0 N–H and O–H groups in total. The van der Waals surface area contributed by atoms with Gasteiger partial charge in [0.1, 0.15) is 0 Å². The number of thioether (sulfide) groups is 1. The number of aryl methyl sites for hydroxylation is 1. The molecule has 0 aromatic heterocycles. The van der Waals surface area contributed by atoms with E-state index in [1.165, 1.54) is 23.8 Å². The number of carbonyl (C=O) groups excluding carboxylic acids is 2. The van der Waals surface area contributed by atoms with E-state index in [9.17, 15) is 9.59 Å². The topological polar surface area (TPSA) is 55.8 Å². The number of amides is 1. The van der Waals surface area contributed by atoms with Gasteiger partial charge in [-0.05, 0) is 55.0 Å². The van der Waals surface area contributed by atoms with Crippen molar-refractivity contribution < 1.29 is 19.1 Å². The standard InChI is InChI=1S/C25H19NO4S2/c1-16-7-6-8-18(13-16)24(28)30-20-12-11-17(14-21(20)29-2)15-22-23(27)26(25(31)32-22)19-9-4-3-5-10-19/h3-15H,1-2H3/b22-15+. The lowest BCUT2D eigenvalue weighted by Gasteiger charge is -2.13. The van der Waals surface area contributed by atoms with Gasteiger partial charge in [-0.15, -0.1) is 0 Å². The minimum Gasteiger partial charge on any atom is -0.493 e. The van der Waals surface area contributed by atoms with Crippen molar-refractivity contribution in [2.45, 2.75) is 6.92 Å². The van der Waals surface area contributed by atoms with Crippen LogP contribution in [-0.2, 0) is 4.79 Å². The third-order valence-electron chi connectivity index (χ3n) is 4.75. The number of methoxy groups -OCH3 is 1. The minimum atomic E-state index is -0.469. The fourth-order valence-electron chi connectivity index (χ4n) is 3.21. The summed E-state index contributed by atoms with van der Waals surface area (Å²) in [4.78, 5) is 27.4. The van der Waals surface area contributed by atoms with Crippen LogP contribution in [0, 0.1) is 6.92 Å². The van der Waals surface area contributed by atoms with E-state index in [2.05, 4.69) is 0 Å². The van der Waals surface area contributed by atoms with E-state index in [0.717, 1.165) is 16.8 Å². The van der Waals surface area contributed by atoms with Crippen LogP contribution >= 0.6 is 24.0 Å². The second-order valence-electron chi connectivity index (χ2n) is 7.02. The molecule has 160 valence electrons. The Morgan fingerprint density at radius 2 is 1.78 bits per heavy atom.